The van der Waals surface area contributed by atoms with Gasteiger partial charge in [0.15, 0.2) is 0 Å². The number of nitrogens with zero attached hydrogens (tertiary/aromatic N) is 1. The number of hydrogen-bond donors (Lipinski definition) is 1. The first-order chi connectivity index (χ1) is 5.58. The van der Waals surface area contributed by atoms with Gasteiger partial charge in [-0.1, -0.05) is 25.7 Å². The molecule has 0 saturated heterocycles. The SMILES string of the molecule is C[Si](C)(C)CCC[n+]1cc[nH]c1. The number of H-pyrrole nitrogens is 1. The molecule has 0 aliphatic rings. The van der Waals surface area contributed by atoms with Gasteiger partial charge in [0.05, 0.1) is 6.54 Å². The lowest BCUT2D eigenvalue weighted by molar-refractivity contribution is -0.695. The van der Waals surface area contributed by atoms with Crippen LogP contribution in [0.2, 0.25) is 25.7 Å². The van der Waals surface area contributed by atoms with E-state index >= 15 is 0 Å². The molecule has 0 atom stereocenters. The van der Waals surface area contributed by atoms with Gasteiger partial charge >= 0.3 is 0 Å². The molecular formula is C9H19N2Si+. The lowest BCUT2D eigenvalue weighted by atomic mass is 10.5. The summed E-state index contributed by atoms with van der Waals surface area (Å²) < 4.78 is 2.21. The molecule has 0 aliphatic heterocycles. The van der Waals surface area contributed by atoms with Gasteiger partial charge in [0.25, 0.3) is 0 Å². The maximum Gasteiger partial charge on any atom is 0.241 e. The van der Waals surface area contributed by atoms with Crippen molar-refractivity contribution in [2.24, 2.45) is 0 Å². The van der Waals surface area contributed by atoms with Gasteiger partial charge in [0.1, 0.15) is 12.4 Å². The van der Waals surface area contributed by atoms with Crippen molar-refractivity contribution in [3.63, 3.8) is 0 Å². The maximum absolute atomic E-state index is 3.05. The Kier molecular flexibility index (Phi) is 3.09. The zero-order valence-electron chi connectivity index (χ0n) is 8.30. The summed E-state index contributed by atoms with van der Waals surface area (Å²) in [5.74, 6) is 0. The van der Waals surface area contributed by atoms with Gasteiger partial charge in [-0.05, 0) is 6.42 Å². The lowest BCUT2D eigenvalue weighted by Crippen LogP contribution is -2.32. The van der Waals surface area contributed by atoms with Crippen LogP contribution in [0.15, 0.2) is 18.7 Å². The van der Waals surface area contributed by atoms with Crippen LogP contribution in [0.25, 0.3) is 0 Å². The number of nitrogens with one attached hydrogen (secondary N) is 1. The van der Waals surface area contributed by atoms with Crippen LogP contribution in [0.1, 0.15) is 6.42 Å². The second-order valence-corrected chi connectivity index (χ2v) is 10.1. The predicted octanol–water partition coefficient (Wildman–Crippen LogP) is 2.03. The minimum absolute atomic E-state index is 0.814. The minimum Gasteiger partial charge on any atom is -0.250 e. The zero-order valence-corrected chi connectivity index (χ0v) is 9.30. The maximum atomic E-state index is 3.05. The average molecular weight is 183 g/mol. The topological polar surface area (TPSA) is 19.7 Å². The molecule has 0 aromatic carbocycles. The van der Waals surface area contributed by atoms with Gasteiger partial charge in [-0.3, -0.25) is 4.98 Å². The van der Waals surface area contributed by atoms with Crippen LogP contribution in [0.3, 0.4) is 0 Å². The van der Waals surface area contributed by atoms with Crippen LogP contribution in [0.4, 0.5) is 0 Å². The molecule has 0 fully saturated rings. The molecular weight excluding hydrogens is 164 g/mol. The number of aromatic nitrogens is 2. The Morgan fingerprint density at radius 3 is 2.58 bits per heavy atom. The third-order valence-corrected chi connectivity index (χ3v) is 3.80. The van der Waals surface area contributed by atoms with Gasteiger partial charge < -0.3 is 0 Å². The van der Waals surface area contributed by atoms with Gasteiger partial charge in [-0.15, -0.1) is 0 Å². The summed E-state index contributed by atoms with van der Waals surface area (Å²) in [6, 6.07) is 1.42. The van der Waals surface area contributed by atoms with Crippen LogP contribution < -0.4 is 4.57 Å². The molecule has 1 aromatic rings. The summed E-state index contributed by atoms with van der Waals surface area (Å²) in [6.45, 7) is 8.44. The highest BCUT2D eigenvalue weighted by molar-refractivity contribution is 6.76. The molecule has 12 heavy (non-hydrogen) atoms. The van der Waals surface area contributed by atoms with E-state index in [4.69, 9.17) is 0 Å². The highest BCUT2D eigenvalue weighted by Gasteiger charge is 2.12. The minimum atomic E-state index is -0.814. The molecule has 3 heteroatoms. The second-order valence-electron chi connectivity index (χ2n) is 4.51. The highest BCUT2D eigenvalue weighted by atomic mass is 28.3. The molecule has 0 radical (unpaired) electrons. The van der Waals surface area contributed by atoms with E-state index in [0.29, 0.717) is 0 Å². The van der Waals surface area contributed by atoms with E-state index in [9.17, 15) is 0 Å². The lowest BCUT2D eigenvalue weighted by Gasteiger charge is -2.13. The van der Waals surface area contributed by atoms with Crippen LogP contribution in [0, 0.1) is 0 Å². The zero-order chi connectivity index (χ0) is 9.03. The van der Waals surface area contributed by atoms with Gasteiger partial charge in [0, 0.05) is 8.07 Å². The first-order valence-corrected chi connectivity index (χ1v) is 8.30. The third kappa shape index (κ3) is 3.71. The van der Waals surface area contributed by atoms with Crippen LogP contribution in [0.5, 0.6) is 0 Å². The summed E-state index contributed by atoms with van der Waals surface area (Å²) >= 11 is 0. The number of imidazole rings is 1. The van der Waals surface area contributed by atoms with E-state index in [0.717, 1.165) is 6.54 Å². The van der Waals surface area contributed by atoms with Crippen molar-refractivity contribution in [2.45, 2.75) is 38.7 Å². The van der Waals surface area contributed by atoms with E-state index in [1.807, 2.05) is 12.5 Å². The highest BCUT2D eigenvalue weighted by Crippen LogP contribution is 2.10. The van der Waals surface area contributed by atoms with Gasteiger partial charge in [-0.25, -0.2) is 4.57 Å². The molecule has 1 N–H and O–H groups in total. The molecule has 1 aromatic heterocycles. The van der Waals surface area contributed by atoms with Gasteiger partial charge in [0.2, 0.25) is 6.33 Å². The Balaban J connectivity index is 2.20. The summed E-state index contributed by atoms with van der Waals surface area (Å²) in [5, 5.41) is 0. The van der Waals surface area contributed by atoms with Crippen molar-refractivity contribution in [1.29, 1.82) is 0 Å². The second kappa shape index (κ2) is 3.89. The Bertz CT molecular complexity index is 211. The van der Waals surface area contributed by atoms with Crippen molar-refractivity contribution >= 4 is 8.07 Å². The summed E-state index contributed by atoms with van der Waals surface area (Å²) in [6.07, 6.45) is 7.39. The number of aryl methyl sites for hydroxylation is 1. The number of rotatable bonds is 4. The van der Waals surface area contributed by atoms with Crippen molar-refractivity contribution in [1.82, 2.24) is 4.98 Å². The van der Waals surface area contributed by atoms with E-state index in [-0.39, 0.29) is 0 Å². The molecule has 0 spiro atoms. The Hall–Kier alpha value is -0.573. The van der Waals surface area contributed by atoms with E-state index in [1.54, 1.807) is 0 Å². The standard InChI is InChI=1S/C9H18N2Si/c1-12(2,3)8-4-6-11-7-5-10-9-11/h5,7,9H,4,6,8H2,1-3H3/p+1. The average Bonchev–Trinajstić information content (AvgIpc) is 2.36. The molecule has 0 aliphatic carbocycles. The first-order valence-electron chi connectivity index (χ1n) is 4.60. The molecule has 0 saturated carbocycles. The fourth-order valence-electron chi connectivity index (χ4n) is 1.25. The molecule has 0 unspecified atom stereocenters. The van der Waals surface area contributed by atoms with Crippen molar-refractivity contribution in [3.8, 4) is 0 Å². The fraction of sp³-hybridized carbons (Fsp3) is 0.667. The molecule has 0 bridgehead atoms. The quantitative estimate of drug-likeness (QED) is 0.544. The smallest absolute Gasteiger partial charge is 0.241 e. The Morgan fingerprint density at radius 1 is 1.33 bits per heavy atom. The molecule has 1 rings (SSSR count). The third-order valence-electron chi connectivity index (χ3n) is 1.95. The molecule has 68 valence electrons. The molecule has 0 amide bonds. The fourth-order valence-corrected chi connectivity index (χ4v) is 2.47. The van der Waals surface area contributed by atoms with E-state index in [1.165, 1.54) is 12.5 Å². The number of hydrogen-bond acceptors (Lipinski definition) is 0. The number of aromatic amines is 1. The molecule has 2 nitrogen and oxygen atoms in total. The van der Waals surface area contributed by atoms with Crippen LogP contribution >= 0.6 is 0 Å². The Labute approximate surface area is 75.6 Å². The summed E-state index contributed by atoms with van der Waals surface area (Å²) in [5.41, 5.74) is 0. The van der Waals surface area contributed by atoms with Gasteiger partial charge in [-0.2, -0.15) is 0 Å². The van der Waals surface area contributed by atoms with Crippen molar-refractivity contribution in [2.75, 3.05) is 0 Å². The largest absolute Gasteiger partial charge is 0.250 e. The predicted molar refractivity (Wildman–Crippen MR) is 53.8 cm³/mol. The normalized spacial score (nSPS) is 11.9. The van der Waals surface area contributed by atoms with E-state index < -0.39 is 8.07 Å². The monoisotopic (exact) mass is 183 g/mol. The van der Waals surface area contributed by atoms with Crippen molar-refractivity contribution in [3.05, 3.63) is 18.7 Å². The Morgan fingerprint density at radius 2 is 2.08 bits per heavy atom. The van der Waals surface area contributed by atoms with Crippen LogP contribution in [-0.4, -0.2) is 13.1 Å². The van der Waals surface area contributed by atoms with E-state index in [2.05, 4.69) is 35.4 Å². The first kappa shape index (κ1) is 9.51. The van der Waals surface area contributed by atoms with Crippen LogP contribution in [-0.2, 0) is 6.54 Å². The van der Waals surface area contributed by atoms with Crippen molar-refractivity contribution < 1.29 is 4.57 Å². The summed E-state index contributed by atoms with van der Waals surface area (Å²) in [7, 11) is -0.814. The summed E-state index contributed by atoms with van der Waals surface area (Å²) in [4.78, 5) is 3.05. The molecule has 1 heterocycles.